The summed E-state index contributed by atoms with van der Waals surface area (Å²) in [4.78, 5) is 13.0. The lowest BCUT2D eigenvalue weighted by Crippen LogP contribution is -2.32. The normalized spacial score (nSPS) is 15.7. The summed E-state index contributed by atoms with van der Waals surface area (Å²) in [5.41, 5.74) is 1.60. The molecule has 1 aliphatic rings. The molecule has 1 fully saturated rings. The summed E-state index contributed by atoms with van der Waals surface area (Å²) >= 11 is 0. The maximum Gasteiger partial charge on any atom is 0.255 e. The standard InChI is InChI=1S/C22H29N3O5S2/c1-17-11-12-18(15-21(17)32(29,30)25-13-6-4-5-7-14-25)22(26)23-19-9-8-10-20(16-19)24(2)31(3,27)28/h8-12,15-16H,4-7,13-14H2,1-3H3,(H,23,26). The minimum Gasteiger partial charge on any atom is -0.322 e. The molecule has 0 bridgehead atoms. The summed E-state index contributed by atoms with van der Waals surface area (Å²) in [7, 11) is -5.72. The maximum absolute atomic E-state index is 13.2. The van der Waals surface area contributed by atoms with Crippen molar-refractivity contribution in [3.8, 4) is 0 Å². The van der Waals surface area contributed by atoms with Gasteiger partial charge in [0.25, 0.3) is 5.91 Å². The van der Waals surface area contributed by atoms with Gasteiger partial charge in [0, 0.05) is 31.4 Å². The third kappa shape index (κ3) is 5.48. The molecule has 2 aromatic carbocycles. The van der Waals surface area contributed by atoms with E-state index in [4.69, 9.17) is 0 Å². The van der Waals surface area contributed by atoms with E-state index in [9.17, 15) is 21.6 Å². The molecule has 0 spiro atoms. The van der Waals surface area contributed by atoms with E-state index in [2.05, 4.69) is 5.32 Å². The van der Waals surface area contributed by atoms with Crippen molar-refractivity contribution in [3.63, 3.8) is 0 Å². The molecule has 10 heteroatoms. The number of amides is 1. The Morgan fingerprint density at radius 2 is 1.62 bits per heavy atom. The van der Waals surface area contributed by atoms with Gasteiger partial charge in [-0.05, 0) is 55.7 Å². The highest BCUT2D eigenvalue weighted by atomic mass is 32.2. The summed E-state index contributed by atoms with van der Waals surface area (Å²) in [6.07, 6.45) is 4.78. The first-order chi connectivity index (χ1) is 15.0. The molecule has 1 saturated heterocycles. The Hall–Kier alpha value is -2.43. The van der Waals surface area contributed by atoms with Crippen LogP contribution < -0.4 is 9.62 Å². The fraction of sp³-hybridized carbons (Fsp3) is 0.409. The lowest BCUT2D eigenvalue weighted by molar-refractivity contribution is 0.102. The Labute approximate surface area is 190 Å². The van der Waals surface area contributed by atoms with E-state index < -0.39 is 26.0 Å². The van der Waals surface area contributed by atoms with Gasteiger partial charge in [0.15, 0.2) is 0 Å². The van der Waals surface area contributed by atoms with Crippen molar-refractivity contribution in [2.45, 2.75) is 37.5 Å². The van der Waals surface area contributed by atoms with Crippen molar-refractivity contribution in [2.24, 2.45) is 0 Å². The quantitative estimate of drug-likeness (QED) is 0.685. The molecule has 1 heterocycles. The van der Waals surface area contributed by atoms with Crippen molar-refractivity contribution in [2.75, 3.05) is 36.0 Å². The van der Waals surface area contributed by atoms with Crippen LogP contribution in [-0.4, -0.2) is 53.4 Å². The van der Waals surface area contributed by atoms with Crippen molar-refractivity contribution >= 4 is 37.3 Å². The van der Waals surface area contributed by atoms with Gasteiger partial charge in [-0.1, -0.05) is 25.0 Å². The number of rotatable bonds is 6. The van der Waals surface area contributed by atoms with Gasteiger partial charge in [0.2, 0.25) is 20.0 Å². The van der Waals surface area contributed by atoms with Gasteiger partial charge in [-0.25, -0.2) is 16.8 Å². The van der Waals surface area contributed by atoms with Gasteiger partial charge < -0.3 is 5.32 Å². The van der Waals surface area contributed by atoms with E-state index in [1.165, 1.54) is 17.4 Å². The van der Waals surface area contributed by atoms with Gasteiger partial charge >= 0.3 is 0 Å². The van der Waals surface area contributed by atoms with E-state index in [1.807, 2.05) is 0 Å². The number of anilines is 2. The smallest absolute Gasteiger partial charge is 0.255 e. The molecule has 0 saturated carbocycles. The minimum atomic E-state index is -3.70. The third-order valence-electron chi connectivity index (χ3n) is 5.60. The monoisotopic (exact) mass is 479 g/mol. The lowest BCUT2D eigenvalue weighted by atomic mass is 10.1. The van der Waals surface area contributed by atoms with Gasteiger partial charge in [-0.2, -0.15) is 4.31 Å². The summed E-state index contributed by atoms with van der Waals surface area (Å²) in [6, 6.07) is 11.1. The highest BCUT2D eigenvalue weighted by molar-refractivity contribution is 7.92. The van der Waals surface area contributed by atoms with Crippen LogP contribution in [0.5, 0.6) is 0 Å². The predicted molar refractivity (Wildman–Crippen MR) is 126 cm³/mol. The molecule has 32 heavy (non-hydrogen) atoms. The molecule has 174 valence electrons. The molecule has 0 atom stereocenters. The van der Waals surface area contributed by atoms with E-state index in [0.717, 1.165) is 36.2 Å². The first kappa shape index (κ1) is 24.2. The van der Waals surface area contributed by atoms with Crippen molar-refractivity contribution in [3.05, 3.63) is 53.6 Å². The number of carbonyl (C=O) groups excluding carboxylic acids is 1. The van der Waals surface area contributed by atoms with E-state index in [1.54, 1.807) is 43.3 Å². The lowest BCUT2D eigenvalue weighted by Gasteiger charge is -2.21. The molecule has 0 unspecified atom stereocenters. The fourth-order valence-corrected chi connectivity index (χ4v) is 5.88. The van der Waals surface area contributed by atoms with Crippen molar-refractivity contribution in [1.82, 2.24) is 4.31 Å². The molecule has 3 rings (SSSR count). The van der Waals surface area contributed by atoms with Crippen LogP contribution in [-0.2, 0) is 20.0 Å². The topological polar surface area (TPSA) is 104 Å². The Morgan fingerprint density at radius 1 is 0.969 bits per heavy atom. The maximum atomic E-state index is 13.2. The first-order valence-electron chi connectivity index (χ1n) is 10.5. The number of nitrogens with zero attached hydrogens (tertiary/aromatic N) is 2. The van der Waals surface area contributed by atoms with Crippen molar-refractivity contribution in [1.29, 1.82) is 0 Å². The van der Waals surface area contributed by atoms with Crippen molar-refractivity contribution < 1.29 is 21.6 Å². The number of hydrogen-bond donors (Lipinski definition) is 1. The Morgan fingerprint density at radius 3 is 2.25 bits per heavy atom. The summed E-state index contributed by atoms with van der Waals surface area (Å²) in [5, 5.41) is 2.72. The van der Waals surface area contributed by atoms with Gasteiger partial charge in [-0.3, -0.25) is 9.10 Å². The zero-order chi connectivity index (χ0) is 23.5. The largest absolute Gasteiger partial charge is 0.322 e. The highest BCUT2D eigenvalue weighted by Gasteiger charge is 2.27. The summed E-state index contributed by atoms with van der Waals surface area (Å²) < 4.78 is 52.7. The van der Waals surface area contributed by atoms with Crippen LogP contribution in [0.3, 0.4) is 0 Å². The van der Waals surface area contributed by atoms with Gasteiger partial charge in [0.1, 0.15) is 0 Å². The number of aryl methyl sites for hydroxylation is 1. The second-order valence-corrected chi connectivity index (χ2v) is 12.0. The van der Waals surface area contributed by atoms with Crippen LogP contribution in [0.1, 0.15) is 41.6 Å². The Bertz CT molecular complexity index is 1200. The van der Waals surface area contributed by atoms with E-state index in [-0.39, 0.29) is 10.5 Å². The number of carbonyl (C=O) groups is 1. The second kappa shape index (κ2) is 9.60. The second-order valence-electron chi connectivity index (χ2n) is 8.03. The molecule has 0 radical (unpaired) electrons. The van der Waals surface area contributed by atoms with E-state index >= 15 is 0 Å². The van der Waals surface area contributed by atoms with Gasteiger partial charge in [-0.15, -0.1) is 0 Å². The zero-order valence-corrected chi connectivity index (χ0v) is 20.2. The van der Waals surface area contributed by atoms with Crippen LogP contribution >= 0.6 is 0 Å². The molecule has 1 N–H and O–H groups in total. The molecule has 8 nitrogen and oxygen atoms in total. The number of hydrogen-bond acceptors (Lipinski definition) is 5. The van der Waals surface area contributed by atoms with Crippen LogP contribution in [0, 0.1) is 6.92 Å². The predicted octanol–water partition coefficient (Wildman–Crippen LogP) is 3.21. The summed E-state index contributed by atoms with van der Waals surface area (Å²) in [5.74, 6) is -0.475. The summed E-state index contributed by atoms with van der Waals surface area (Å²) in [6.45, 7) is 2.69. The Kier molecular flexibility index (Phi) is 7.26. The number of sulfonamides is 2. The molecule has 1 amide bonds. The van der Waals surface area contributed by atoms with Crippen LogP contribution in [0.25, 0.3) is 0 Å². The average molecular weight is 480 g/mol. The van der Waals surface area contributed by atoms with E-state index in [0.29, 0.717) is 30.0 Å². The third-order valence-corrected chi connectivity index (χ3v) is 8.84. The molecule has 1 aliphatic heterocycles. The average Bonchev–Trinajstić information content (AvgIpc) is 3.03. The molecule has 2 aromatic rings. The number of nitrogens with one attached hydrogen (secondary N) is 1. The molecule has 0 aromatic heterocycles. The molecular weight excluding hydrogens is 450 g/mol. The fourth-order valence-electron chi connectivity index (χ4n) is 3.61. The van der Waals surface area contributed by atoms with Crippen LogP contribution in [0.15, 0.2) is 47.4 Å². The SMILES string of the molecule is Cc1ccc(C(=O)Nc2cccc(N(C)S(C)(=O)=O)c2)cc1S(=O)(=O)N1CCCCCC1. The highest BCUT2D eigenvalue weighted by Crippen LogP contribution is 2.25. The zero-order valence-electron chi connectivity index (χ0n) is 18.5. The van der Waals surface area contributed by atoms with Crippen LogP contribution in [0.2, 0.25) is 0 Å². The Balaban J connectivity index is 1.86. The van der Waals surface area contributed by atoms with Gasteiger partial charge in [0.05, 0.1) is 16.8 Å². The molecular formula is C22H29N3O5S2. The van der Waals surface area contributed by atoms with Crippen LogP contribution in [0.4, 0.5) is 11.4 Å². The first-order valence-corrected chi connectivity index (χ1v) is 13.7. The number of benzene rings is 2. The molecule has 0 aliphatic carbocycles. The minimum absolute atomic E-state index is 0.137.